The summed E-state index contributed by atoms with van der Waals surface area (Å²) in [6.45, 7) is 6.88. The van der Waals surface area contributed by atoms with E-state index in [-0.39, 0.29) is 31.5 Å². The van der Waals surface area contributed by atoms with Gasteiger partial charge in [0.15, 0.2) is 0 Å². The van der Waals surface area contributed by atoms with Crippen LogP contribution in [0.25, 0.3) is 0 Å². The highest BCUT2D eigenvalue weighted by atomic mass is 31.2. The summed E-state index contributed by atoms with van der Waals surface area (Å²) in [5, 5.41) is 3.06. The van der Waals surface area contributed by atoms with Crippen molar-refractivity contribution in [1.82, 2.24) is 5.32 Å². The molecule has 3 unspecified atom stereocenters. The molecule has 0 aliphatic carbocycles. The second-order valence-corrected chi connectivity index (χ2v) is 30.0. The van der Waals surface area contributed by atoms with Crippen LogP contribution in [-0.4, -0.2) is 69.4 Å². The van der Waals surface area contributed by atoms with Crippen molar-refractivity contribution in [3.63, 3.8) is 0 Å². The van der Waals surface area contributed by atoms with Crippen LogP contribution in [0.5, 0.6) is 0 Å². The Balaban J connectivity index is 4.83. The van der Waals surface area contributed by atoms with Crippen molar-refractivity contribution in [2.45, 2.75) is 418 Å². The lowest BCUT2D eigenvalue weighted by atomic mass is 10.0. The fraction of sp³-hybridized carbons (Fsp3) is 0.877. The molecule has 10 heteroatoms. The quantitative estimate of drug-likeness (QED) is 0.0212. The molecule has 1 amide bonds. The SMILES string of the molecule is CCCCC/C=C\C/C=C\CCCCCCCCCCCCCCCCCCCC(=O)NC(COP(=O)([O-])OCC[N+](C)(C)C)C(/C=C/CCCCCCCCCCC)OC(=O)CCCCCCCCCCCCCCCCCCC/C=C/CCCCCCCC. The largest absolute Gasteiger partial charge is 0.756 e. The summed E-state index contributed by atoms with van der Waals surface area (Å²) in [7, 11) is 1.20. The van der Waals surface area contributed by atoms with Crippen LogP contribution in [0.3, 0.4) is 0 Å². The van der Waals surface area contributed by atoms with Gasteiger partial charge in [0.1, 0.15) is 19.3 Å². The molecule has 3 atom stereocenters. The third kappa shape index (κ3) is 72.1. The number of hydrogen-bond donors (Lipinski definition) is 1. The number of allylic oxidation sites excluding steroid dienone is 7. The number of phosphoric acid groups is 1. The zero-order chi connectivity index (χ0) is 66.3. The fourth-order valence-corrected chi connectivity index (χ4v) is 12.8. The molecule has 536 valence electrons. The number of phosphoric ester groups is 1. The van der Waals surface area contributed by atoms with Gasteiger partial charge < -0.3 is 28.5 Å². The van der Waals surface area contributed by atoms with E-state index in [0.717, 1.165) is 64.2 Å². The Morgan fingerprint density at radius 3 is 1.02 bits per heavy atom. The van der Waals surface area contributed by atoms with Crippen molar-refractivity contribution in [1.29, 1.82) is 0 Å². The van der Waals surface area contributed by atoms with Crippen LogP contribution < -0.4 is 10.2 Å². The normalized spacial score (nSPS) is 13.6. The molecule has 0 spiro atoms. The summed E-state index contributed by atoms with van der Waals surface area (Å²) in [4.78, 5) is 40.3. The first-order chi connectivity index (χ1) is 44.4. The highest BCUT2D eigenvalue weighted by Crippen LogP contribution is 2.38. The molecule has 0 aliphatic heterocycles. The number of esters is 1. The van der Waals surface area contributed by atoms with Crippen LogP contribution in [0, 0.1) is 0 Å². The van der Waals surface area contributed by atoms with Crippen LogP contribution in [0.1, 0.15) is 406 Å². The van der Waals surface area contributed by atoms with Gasteiger partial charge in [0.25, 0.3) is 7.82 Å². The summed E-state index contributed by atoms with van der Waals surface area (Å²) in [6.07, 6.45) is 91.2. The van der Waals surface area contributed by atoms with Crippen molar-refractivity contribution >= 4 is 19.7 Å². The monoisotopic (exact) mass is 1300 g/mol. The lowest BCUT2D eigenvalue weighted by Crippen LogP contribution is -2.47. The van der Waals surface area contributed by atoms with Gasteiger partial charge in [-0.05, 0) is 89.5 Å². The lowest BCUT2D eigenvalue weighted by Gasteiger charge is -2.30. The van der Waals surface area contributed by atoms with Crippen LogP contribution in [0.15, 0.2) is 48.6 Å². The molecule has 0 aromatic carbocycles. The topological polar surface area (TPSA) is 114 Å². The minimum absolute atomic E-state index is 0.0196. The number of nitrogens with one attached hydrogen (secondary N) is 1. The molecule has 0 fully saturated rings. The molecule has 0 aromatic rings. The molecule has 0 rings (SSSR count). The molecule has 0 heterocycles. The number of amides is 1. The van der Waals surface area contributed by atoms with Crippen molar-refractivity contribution in [3.05, 3.63) is 48.6 Å². The molecule has 0 aromatic heterocycles. The smallest absolute Gasteiger partial charge is 0.306 e. The highest BCUT2D eigenvalue weighted by Gasteiger charge is 2.27. The predicted molar refractivity (Wildman–Crippen MR) is 395 cm³/mol. The van der Waals surface area contributed by atoms with E-state index >= 15 is 0 Å². The molecule has 1 N–H and O–H groups in total. The van der Waals surface area contributed by atoms with Gasteiger partial charge in [0.05, 0.1) is 33.8 Å². The van der Waals surface area contributed by atoms with Gasteiger partial charge in [0.2, 0.25) is 5.91 Å². The highest BCUT2D eigenvalue weighted by molar-refractivity contribution is 7.45. The maximum Gasteiger partial charge on any atom is 0.306 e. The van der Waals surface area contributed by atoms with Crippen LogP contribution in [-0.2, 0) is 27.9 Å². The Labute approximate surface area is 567 Å². The van der Waals surface area contributed by atoms with E-state index in [4.69, 9.17) is 13.8 Å². The Bertz CT molecular complexity index is 1690. The van der Waals surface area contributed by atoms with E-state index in [1.54, 1.807) is 0 Å². The Kier molecular flexibility index (Phi) is 69.2. The van der Waals surface area contributed by atoms with E-state index in [1.165, 1.54) is 308 Å². The van der Waals surface area contributed by atoms with Gasteiger partial charge >= 0.3 is 5.97 Å². The fourth-order valence-electron chi connectivity index (χ4n) is 12.1. The van der Waals surface area contributed by atoms with Gasteiger partial charge in [-0.25, -0.2) is 0 Å². The second kappa shape index (κ2) is 70.8. The number of carbonyl (C=O) groups excluding carboxylic acids is 2. The number of quaternary nitrogens is 1. The first-order valence-electron chi connectivity index (χ1n) is 39.9. The zero-order valence-electron chi connectivity index (χ0n) is 61.6. The van der Waals surface area contributed by atoms with Crippen molar-refractivity contribution < 1.29 is 37.3 Å². The van der Waals surface area contributed by atoms with Gasteiger partial charge in [0, 0.05) is 12.8 Å². The summed E-state index contributed by atoms with van der Waals surface area (Å²) >= 11 is 0. The molecular formula is C81H155N2O7P. The van der Waals surface area contributed by atoms with Crippen molar-refractivity contribution in [2.24, 2.45) is 0 Å². The second-order valence-electron chi connectivity index (χ2n) is 28.6. The number of likely N-dealkylation sites (N-methyl/N-ethyl adjacent to an activating group) is 1. The number of ether oxygens (including phenoxy) is 1. The number of hydrogen-bond acceptors (Lipinski definition) is 7. The van der Waals surface area contributed by atoms with E-state index < -0.39 is 20.0 Å². The molecule has 0 saturated heterocycles. The summed E-state index contributed by atoms with van der Waals surface area (Å²) in [6, 6.07) is -0.887. The predicted octanol–water partition coefficient (Wildman–Crippen LogP) is 25.3. The maximum absolute atomic E-state index is 13.6. The molecular weight excluding hydrogens is 1140 g/mol. The lowest BCUT2D eigenvalue weighted by molar-refractivity contribution is -0.870. The Hall–Kier alpha value is -2.03. The molecule has 91 heavy (non-hydrogen) atoms. The van der Waals surface area contributed by atoms with Gasteiger partial charge in [-0.15, -0.1) is 0 Å². The van der Waals surface area contributed by atoms with Crippen LogP contribution >= 0.6 is 7.82 Å². The molecule has 0 saturated carbocycles. The average molecular weight is 1300 g/mol. The number of nitrogens with zero attached hydrogens (tertiary/aromatic N) is 1. The summed E-state index contributed by atoms with van der Waals surface area (Å²) in [5.41, 5.74) is 0. The summed E-state index contributed by atoms with van der Waals surface area (Å²) in [5.74, 6) is -0.519. The van der Waals surface area contributed by atoms with Crippen LogP contribution in [0.4, 0.5) is 0 Å². The molecule has 0 radical (unpaired) electrons. The third-order valence-electron chi connectivity index (χ3n) is 18.2. The Morgan fingerprint density at radius 1 is 0.385 bits per heavy atom. The Morgan fingerprint density at radius 2 is 0.670 bits per heavy atom. The van der Waals surface area contributed by atoms with Crippen molar-refractivity contribution in [2.75, 3.05) is 40.9 Å². The van der Waals surface area contributed by atoms with E-state index in [0.29, 0.717) is 17.4 Å². The molecule has 0 bridgehead atoms. The number of unbranched alkanes of at least 4 members (excludes halogenated alkanes) is 52. The summed E-state index contributed by atoms with van der Waals surface area (Å²) < 4.78 is 30.5. The van der Waals surface area contributed by atoms with Gasteiger partial charge in [-0.2, -0.15) is 0 Å². The minimum Gasteiger partial charge on any atom is -0.756 e. The standard InChI is InChI=1S/C81H155N2O7P/c1-7-10-13-16-19-22-25-27-29-31-33-35-37-39-41-43-45-47-49-51-53-55-58-61-64-67-70-73-80(84)82-78(77-89-91(86,87)88-76-75-83(4,5)6)79(72-69-66-63-60-57-24-21-18-15-12-9-3)90-81(85)74-71-68-65-62-59-56-54-52-50-48-46-44-42-40-38-36-34-32-30-28-26-23-20-17-14-11-8-2/h19,22,27-30,69,72,78-79H,7-18,20-21,23-26,31-68,70-71,73-77H2,1-6H3,(H-,82,84,86,87)/b22-19-,29-27-,30-28+,72-69+. The zero-order valence-corrected chi connectivity index (χ0v) is 62.5. The maximum atomic E-state index is 13.6. The number of carbonyl (C=O) groups is 2. The minimum atomic E-state index is -4.70. The average Bonchev–Trinajstić information content (AvgIpc) is 3.08. The third-order valence-corrected chi connectivity index (χ3v) is 19.2. The first-order valence-corrected chi connectivity index (χ1v) is 41.4. The van der Waals surface area contributed by atoms with Crippen LogP contribution in [0.2, 0.25) is 0 Å². The number of rotatable bonds is 74. The van der Waals surface area contributed by atoms with Crippen molar-refractivity contribution in [3.8, 4) is 0 Å². The van der Waals surface area contributed by atoms with Gasteiger partial charge in [-0.3, -0.25) is 14.2 Å². The first kappa shape index (κ1) is 89.0. The van der Waals surface area contributed by atoms with Gasteiger partial charge in [-0.1, -0.05) is 352 Å². The van der Waals surface area contributed by atoms with E-state index in [9.17, 15) is 19.0 Å². The van der Waals surface area contributed by atoms with E-state index in [2.05, 4.69) is 62.5 Å². The van der Waals surface area contributed by atoms with E-state index in [1.807, 2.05) is 33.3 Å². The molecule has 0 aliphatic rings. The molecule has 9 nitrogen and oxygen atoms in total.